The molecule has 4 aromatic rings. The lowest BCUT2D eigenvalue weighted by atomic mass is 10.0. The van der Waals surface area contributed by atoms with E-state index in [1.807, 2.05) is 54.6 Å². The molecule has 3 aromatic carbocycles. The minimum absolute atomic E-state index is 0.104. The summed E-state index contributed by atoms with van der Waals surface area (Å²) in [6.45, 7) is 0. The first-order valence-electron chi connectivity index (χ1n) is 8.22. The molecular formula is C20H15N3O3S. The maximum Gasteiger partial charge on any atom is 0.257 e. The number of carbonyl (C=O) groups is 1. The maximum atomic E-state index is 12.0. The second-order valence-electron chi connectivity index (χ2n) is 5.75. The SMILES string of the molecule is O=C(CSc1nc2ccccc2o1)NN=Cc1c(O)ccc2ccccc12. The van der Waals surface area contributed by atoms with Crippen LogP contribution < -0.4 is 5.43 Å². The van der Waals surface area contributed by atoms with E-state index in [-0.39, 0.29) is 17.4 Å². The Morgan fingerprint density at radius 2 is 1.96 bits per heavy atom. The number of oxazole rings is 1. The van der Waals surface area contributed by atoms with Crippen molar-refractivity contribution < 1.29 is 14.3 Å². The van der Waals surface area contributed by atoms with Gasteiger partial charge in [-0.1, -0.05) is 54.2 Å². The molecule has 1 amide bonds. The van der Waals surface area contributed by atoms with Gasteiger partial charge >= 0.3 is 0 Å². The Balaban J connectivity index is 1.40. The van der Waals surface area contributed by atoms with Gasteiger partial charge in [0.1, 0.15) is 11.3 Å². The first kappa shape index (κ1) is 17.1. The fourth-order valence-electron chi connectivity index (χ4n) is 2.66. The number of aromatic hydroxyl groups is 1. The van der Waals surface area contributed by atoms with Gasteiger partial charge in [0.25, 0.3) is 11.1 Å². The predicted octanol–water partition coefficient (Wildman–Crippen LogP) is 3.93. The maximum absolute atomic E-state index is 12.0. The number of fused-ring (bicyclic) bond motifs is 2. The molecule has 1 aromatic heterocycles. The fraction of sp³-hybridized carbons (Fsp3) is 0.0500. The van der Waals surface area contributed by atoms with Crippen molar-refractivity contribution in [3.63, 3.8) is 0 Å². The molecule has 0 atom stereocenters. The molecule has 0 saturated heterocycles. The Morgan fingerprint density at radius 1 is 1.15 bits per heavy atom. The molecule has 0 fully saturated rings. The molecule has 0 aliphatic heterocycles. The topological polar surface area (TPSA) is 87.7 Å². The van der Waals surface area contributed by atoms with Crippen molar-refractivity contribution >= 4 is 45.8 Å². The van der Waals surface area contributed by atoms with Crippen LogP contribution in [0.3, 0.4) is 0 Å². The summed E-state index contributed by atoms with van der Waals surface area (Å²) in [7, 11) is 0. The molecular weight excluding hydrogens is 362 g/mol. The van der Waals surface area contributed by atoms with E-state index < -0.39 is 0 Å². The summed E-state index contributed by atoms with van der Waals surface area (Å²) >= 11 is 1.19. The predicted molar refractivity (Wildman–Crippen MR) is 106 cm³/mol. The van der Waals surface area contributed by atoms with Crippen LogP contribution in [0.5, 0.6) is 5.75 Å². The zero-order valence-electron chi connectivity index (χ0n) is 14.1. The van der Waals surface area contributed by atoms with Crippen molar-refractivity contribution in [2.75, 3.05) is 5.75 Å². The first-order chi connectivity index (χ1) is 13.2. The summed E-state index contributed by atoms with van der Waals surface area (Å²) < 4.78 is 5.56. The van der Waals surface area contributed by atoms with Crippen LogP contribution in [0.4, 0.5) is 0 Å². The highest BCUT2D eigenvalue weighted by Gasteiger charge is 2.09. The van der Waals surface area contributed by atoms with Crippen molar-refractivity contribution in [1.82, 2.24) is 10.4 Å². The van der Waals surface area contributed by atoms with Gasteiger partial charge in [-0.3, -0.25) is 4.79 Å². The van der Waals surface area contributed by atoms with Crippen LogP contribution in [0.25, 0.3) is 21.9 Å². The average Bonchev–Trinajstić information content (AvgIpc) is 3.11. The van der Waals surface area contributed by atoms with E-state index in [9.17, 15) is 9.90 Å². The summed E-state index contributed by atoms with van der Waals surface area (Å²) in [5.41, 5.74) is 4.45. The number of aromatic nitrogens is 1. The molecule has 0 saturated carbocycles. The van der Waals surface area contributed by atoms with Crippen LogP contribution in [-0.2, 0) is 4.79 Å². The average molecular weight is 377 g/mol. The Labute approximate surface area is 158 Å². The highest BCUT2D eigenvalue weighted by Crippen LogP contribution is 2.25. The number of hydrazone groups is 1. The van der Waals surface area contributed by atoms with Crippen LogP contribution >= 0.6 is 11.8 Å². The molecule has 27 heavy (non-hydrogen) atoms. The lowest BCUT2D eigenvalue weighted by molar-refractivity contribution is -0.118. The Hall–Kier alpha value is -3.32. The van der Waals surface area contributed by atoms with Gasteiger partial charge in [0.2, 0.25) is 0 Å². The first-order valence-corrected chi connectivity index (χ1v) is 9.20. The van der Waals surface area contributed by atoms with Crippen molar-refractivity contribution in [3.8, 4) is 5.75 Å². The summed E-state index contributed by atoms with van der Waals surface area (Å²) in [6, 6.07) is 18.5. The van der Waals surface area contributed by atoms with Crippen LogP contribution in [0.2, 0.25) is 0 Å². The minimum atomic E-state index is -0.293. The molecule has 0 unspecified atom stereocenters. The van der Waals surface area contributed by atoms with E-state index >= 15 is 0 Å². The van der Waals surface area contributed by atoms with E-state index in [0.29, 0.717) is 16.4 Å². The third-order valence-electron chi connectivity index (χ3n) is 3.93. The number of hydrogen-bond acceptors (Lipinski definition) is 6. The van der Waals surface area contributed by atoms with Gasteiger partial charge in [0, 0.05) is 5.56 Å². The third-order valence-corrected chi connectivity index (χ3v) is 4.76. The van der Waals surface area contributed by atoms with E-state index in [2.05, 4.69) is 15.5 Å². The zero-order valence-corrected chi connectivity index (χ0v) is 14.9. The fourth-order valence-corrected chi connectivity index (χ4v) is 3.29. The second kappa shape index (κ2) is 7.51. The van der Waals surface area contributed by atoms with Crippen LogP contribution in [0.1, 0.15) is 5.56 Å². The molecule has 1 heterocycles. The van der Waals surface area contributed by atoms with Crippen LogP contribution in [0.15, 0.2) is 75.4 Å². The third kappa shape index (κ3) is 3.78. The number of carbonyl (C=O) groups excluding carboxylic acids is 1. The number of benzene rings is 3. The standard InChI is InChI=1S/C20H15N3O3S/c24-17-10-9-13-5-1-2-6-14(13)15(17)11-21-23-19(25)12-27-20-22-16-7-3-4-8-18(16)26-20/h1-11,24H,12H2,(H,23,25). The van der Waals surface area contributed by atoms with Gasteiger partial charge < -0.3 is 9.52 Å². The van der Waals surface area contributed by atoms with E-state index in [0.717, 1.165) is 16.3 Å². The van der Waals surface area contributed by atoms with Gasteiger partial charge in [-0.05, 0) is 29.0 Å². The molecule has 6 nitrogen and oxygen atoms in total. The molecule has 2 N–H and O–H groups in total. The van der Waals surface area contributed by atoms with Gasteiger partial charge in [0.15, 0.2) is 5.58 Å². The summed E-state index contributed by atoms with van der Waals surface area (Å²) in [4.78, 5) is 16.3. The molecule has 0 spiro atoms. The number of phenolic OH excluding ortho intramolecular Hbond substituents is 1. The van der Waals surface area contributed by atoms with E-state index in [1.54, 1.807) is 6.07 Å². The molecule has 0 bridgehead atoms. The Morgan fingerprint density at radius 3 is 2.85 bits per heavy atom. The van der Waals surface area contributed by atoms with Gasteiger partial charge in [-0.2, -0.15) is 5.10 Å². The zero-order chi connectivity index (χ0) is 18.6. The normalized spacial score (nSPS) is 11.4. The van der Waals surface area contributed by atoms with Crippen LogP contribution in [0, 0.1) is 0 Å². The molecule has 7 heteroatoms. The molecule has 134 valence electrons. The number of phenols is 1. The van der Waals surface area contributed by atoms with Gasteiger partial charge in [0.05, 0.1) is 12.0 Å². The van der Waals surface area contributed by atoms with Crippen LogP contribution in [-0.4, -0.2) is 28.0 Å². The largest absolute Gasteiger partial charge is 0.507 e. The second-order valence-corrected chi connectivity index (χ2v) is 6.68. The van der Waals surface area contributed by atoms with Gasteiger partial charge in [-0.25, -0.2) is 10.4 Å². The lowest BCUT2D eigenvalue weighted by Gasteiger charge is -2.04. The number of nitrogens with zero attached hydrogens (tertiary/aromatic N) is 2. The Bertz CT molecular complexity index is 1120. The number of rotatable bonds is 5. The van der Waals surface area contributed by atoms with Crippen molar-refractivity contribution in [1.29, 1.82) is 0 Å². The molecule has 4 rings (SSSR count). The summed E-state index contributed by atoms with van der Waals surface area (Å²) in [5, 5.41) is 16.3. The number of thioether (sulfide) groups is 1. The molecule has 0 radical (unpaired) electrons. The smallest absolute Gasteiger partial charge is 0.257 e. The molecule has 0 aliphatic rings. The Kier molecular flexibility index (Phi) is 4.76. The molecule has 0 aliphatic carbocycles. The van der Waals surface area contributed by atoms with Crippen molar-refractivity contribution in [2.24, 2.45) is 5.10 Å². The highest BCUT2D eigenvalue weighted by molar-refractivity contribution is 7.99. The number of amides is 1. The van der Waals surface area contributed by atoms with Crippen molar-refractivity contribution in [3.05, 3.63) is 66.2 Å². The number of para-hydroxylation sites is 2. The quantitative estimate of drug-likeness (QED) is 0.313. The number of nitrogens with one attached hydrogen (secondary N) is 1. The number of hydrogen-bond donors (Lipinski definition) is 2. The van der Waals surface area contributed by atoms with Gasteiger partial charge in [-0.15, -0.1) is 0 Å². The van der Waals surface area contributed by atoms with Crippen molar-refractivity contribution in [2.45, 2.75) is 5.22 Å². The van der Waals surface area contributed by atoms with E-state index in [1.165, 1.54) is 18.0 Å². The van der Waals surface area contributed by atoms with E-state index in [4.69, 9.17) is 4.42 Å². The monoisotopic (exact) mass is 377 g/mol. The highest BCUT2D eigenvalue weighted by atomic mass is 32.2. The summed E-state index contributed by atoms with van der Waals surface area (Å²) in [5.74, 6) is -0.0723. The summed E-state index contributed by atoms with van der Waals surface area (Å²) in [6.07, 6.45) is 1.44. The lowest BCUT2D eigenvalue weighted by Crippen LogP contribution is -2.19. The minimum Gasteiger partial charge on any atom is -0.507 e.